The summed E-state index contributed by atoms with van der Waals surface area (Å²) in [4.78, 5) is 32.6. The summed E-state index contributed by atoms with van der Waals surface area (Å²) >= 11 is 6.98. The Labute approximate surface area is 154 Å². The van der Waals surface area contributed by atoms with Gasteiger partial charge in [-0.3, -0.25) is 5.32 Å². The molecule has 1 aliphatic rings. The zero-order valence-electron chi connectivity index (χ0n) is 14.2. The normalized spacial score (nSPS) is 15.9. The van der Waals surface area contributed by atoms with E-state index in [1.807, 2.05) is 0 Å². The highest BCUT2D eigenvalue weighted by Crippen LogP contribution is 2.29. The number of carboxylic acid groups (broad SMARTS) is 1. The van der Waals surface area contributed by atoms with Crippen LogP contribution >= 0.6 is 22.9 Å². The Balaban J connectivity index is 2.13. The molecule has 0 saturated heterocycles. The fourth-order valence-corrected chi connectivity index (χ4v) is 3.23. The number of carbonyl (C=O) groups excluding carboxylic acids is 1. The summed E-state index contributed by atoms with van der Waals surface area (Å²) in [6.07, 6.45) is 2.94. The maximum atomic E-state index is 11.8. The van der Waals surface area contributed by atoms with Crippen molar-refractivity contribution in [1.29, 1.82) is 0 Å². The van der Waals surface area contributed by atoms with E-state index in [9.17, 15) is 14.7 Å². The van der Waals surface area contributed by atoms with Crippen LogP contribution in [0.4, 0.5) is 9.93 Å². The molecule has 138 valence electrons. The molecule has 0 aliphatic heterocycles. The minimum Gasteiger partial charge on any atom is -0.476 e. The summed E-state index contributed by atoms with van der Waals surface area (Å²) < 4.78 is 5.20. The second-order valence-corrected chi connectivity index (χ2v) is 8.13. The number of halogens is 1. The van der Waals surface area contributed by atoms with E-state index in [-0.39, 0.29) is 21.3 Å². The lowest BCUT2D eigenvalue weighted by Crippen LogP contribution is -2.27. The first-order chi connectivity index (χ1) is 11.7. The minimum atomic E-state index is -1.31. The fourth-order valence-electron chi connectivity index (χ4n) is 2.20. The first-order valence-electron chi connectivity index (χ1n) is 7.79. The Hall–Kier alpha value is -1.87. The van der Waals surface area contributed by atoms with Crippen molar-refractivity contribution >= 4 is 45.8 Å². The van der Waals surface area contributed by atoms with E-state index in [1.165, 1.54) is 0 Å². The topological polar surface area (TPSA) is 110 Å². The number of amides is 1. The van der Waals surface area contributed by atoms with Crippen LogP contribution in [0.25, 0.3) is 0 Å². The molecule has 0 spiro atoms. The van der Waals surface area contributed by atoms with Crippen LogP contribution in [0.15, 0.2) is 5.16 Å². The number of carboxylic acids is 1. The molecular formula is C15H20ClN3O5S. The molecule has 1 aromatic heterocycles. The number of thiazole rings is 1. The molecule has 1 heterocycles. The van der Waals surface area contributed by atoms with E-state index >= 15 is 0 Å². The predicted molar refractivity (Wildman–Crippen MR) is 94.5 cm³/mol. The molecule has 1 aliphatic carbocycles. The maximum absolute atomic E-state index is 11.8. The molecule has 2 rings (SSSR count). The molecular weight excluding hydrogens is 370 g/mol. The first kappa shape index (κ1) is 19.5. The average molecular weight is 390 g/mol. The van der Waals surface area contributed by atoms with Crippen LogP contribution in [-0.2, 0) is 14.4 Å². The molecule has 10 heteroatoms. The highest BCUT2D eigenvalue weighted by atomic mass is 35.5. The van der Waals surface area contributed by atoms with Gasteiger partial charge in [-0.1, -0.05) is 28.1 Å². The van der Waals surface area contributed by atoms with Crippen LogP contribution in [0.3, 0.4) is 0 Å². The maximum Gasteiger partial charge on any atom is 0.413 e. The number of oxime groups is 1. The molecule has 0 bridgehead atoms. The van der Waals surface area contributed by atoms with Gasteiger partial charge in [0, 0.05) is 0 Å². The zero-order chi connectivity index (χ0) is 18.6. The highest BCUT2D eigenvalue weighted by molar-refractivity contribution is 7.20. The van der Waals surface area contributed by atoms with E-state index in [4.69, 9.17) is 21.2 Å². The van der Waals surface area contributed by atoms with Crippen LogP contribution < -0.4 is 5.32 Å². The van der Waals surface area contributed by atoms with E-state index in [1.54, 1.807) is 20.8 Å². The quantitative estimate of drug-likeness (QED) is 0.583. The number of nitrogens with zero attached hydrogens (tertiary/aromatic N) is 2. The van der Waals surface area contributed by atoms with Crippen LogP contribution in [-0.4, -0.2) is 39.6 Å². The SMILES string of the molecule is CC(C)(C)OC(=O)Nc1nc(/C(=N\OC2CCCC2)C(=O)O)c(Cl)s1. The highest BCUT2D eigenvalue weighted by Gasteiger charge is 2.25. The van der Waals surface area contributed by atoms with Crippen LogP contribution in [0.2, 0.25) is 4.34 Å². The summed E-state index contributed by atoms with van der Waals surface area (Å²) in [5.41, 5.74) is -1.12. The largest absolute Gasteiger partial charge is 0.476 e. The van der Waals surface area contributed by atoms with E-state index in [0.29, 0.717) is 0 Å². The van der Waals surface area contributed by atoms with Gasteiger partial charge in [-0.2, -0.15) is 0 Å². The van der Waals surface area contributed by atoms with Gasteiger partial charge in [-0.25, -0.2) is 14.6 Å². The molecule has 8 nitrogen and oxygen atoms in total. The monoisotopic (exact) mass is 389 g/mol. The van der Waals surface area contributed by atoms with Gasteiger partial charge >= 0.3 is 12.1 Å². The molecule has 0 unspecified atom stereocenters. The second-order valence-electron chi connectivity index (χ2n) is 6.53. The van der Waals surface area contributed by atoms with Gasteiger partial charge in [0.05, 0.1) is 0 Å². The van der Waals surface area contributed by atoms with Gasteiger partial charge < -0.3 is 14.7 Å². The van der Waals surface area contributed by atoms with Crippen molar-refractivity contribution in [3.8, 4) is 0 Å². The summed E-state index contributed by atoms with van der Waals surface area (Å²) in [5, 5.41) is 15.6. The van der Waals surface area contributed by atoms with Gasteiger partial charge in [-0.05, 0) is 46.5 Å². The van der Waals surface area contributed by atoms with Crippen LogP contribution in [0, 0.1) is 0 Å². The predicted octanol–water partition coefficient (Wildman–Crippen LogP) is 3.89. The van der Waals surface area contributed by atoms with Gasteiger partial charge in [0.2, 0.25) is 5.71 Å². The Bertz CT molecular complexity index is 677. The van der Waals surface area contributed by atoms with Crippen molar-refractivity contribution in [2.24, 2.45) is 5.16 Å². The number of aliphatic carboxylic acids is 1. The minimum absolute atomic E-state index is 0.0526. The van der Waals surface area contributed by atoms with E-state index in [2.05, 4.69) is 15.5 Å². The first-order valence-corrected chi connectivity index (χ1v) is 8.99. The molecule has 0 atom stereocenters. The van der Waals surface area contributed by atoms with Gasteiger partial charge in [-0.15, -0.1) is 0 Å². The Morgan fingerprint density at radius 2 is 2.00 bits per heavy atom. The number of carbonyl (C=O) groups is 2. The van der Waals surface area contributed by atoms with Crippen molar-refractivity contribution in [3.05, 3.63) is 10.0 Å². The average Bonchev–Trinajstić information content (AvgIpc) is 3.07. The second kappa shape index (κ2) is 8.01. The van der Waals surface area contributed by atoms with Gasteiger partial charge in [0.25, 0.3) is 0 Å². The fraction of sp³-hybridized carbons (Fsp3) is 0.600. The third kappa shape index (κ3) is 5.86. The lowest BCUT2D eigenvalue weighted by molar-refractivity contribution is -0.129. The lowest BCUT2D eigenvalue weighted by atomic mass is 10.2. The third-order valence-electron chi connectivity index (χ3n) is 3.22. The lowest BCUT2D eigenvalue weighted by Gasteiger charge is -2.18. The van der Waals surface area contributed by atoms with Crippen molar-refractivity contribution in [2.45, 2.75) is 58.2 Å². The molecule has 0 aromatic carbocycles. The van der Waals surface area contributed by atoms with Crippen molar-refractivity contribution in [3.63, 3.8) is 0 Å². The number of nitrogens with one attached hydrogen (secondary N) is 1. The van der Waals surface area contributed by atoms with E-state index < -0.39 is 23.4 Å². The Morgan fingerprint density at radius 3 is 2.56 bits per heavy atom. The zero-order valence-corrected chi connectivity index (χ0v) is 15.7. The van der Waals surface area contributed by atoms with Crippen molar-refractivity contribution in [1.82, 2.24) is 4.98 Å². The standard InChI is InChI=1S/C15H20ClN3O5S/c1-15(2,3)23-14(22)18-13-17-9(11(16)25-13)10(12(20)21)19-24-8-6-4-5-7-8/h8H,4-7H2,1-3H3,(H,20,21)(H,17,18,22)/b19-10+. The summed E-state index contributed by atoms with van der Waals surface area (Å²) in [6, 6.07) is 0. The molecule has 1 saturated carbocycles. The Kier molecular flexibility index (Phi) is 6.23. The molecule has 1 fully saturated rings. The third-order valence-corrected chi connectivity index (χ3v) is 4.39. The summed E-state index contributed by atoms with van der Waals surface area (Å²) in [5.74, 6) is -1.31. The van der Waals surface area contributed by atoms with Crippen molar-refractivity contribution in [2.75, 3.05) is 5.32 Å². The van der Waals surface area contributed by atoms with Crippen LogP contribution in [0.1, 0.15) is 52.1 Å². The van der Waals surface area contributed by atoms with Gasteiger partial charge in [0.15, 0.2) is 5.13 Å². The number of anilines is 1. The number of aromatic nitrogens is 1. The van der Waals surface area contributed by atoms with Crippen LogP contribution in [0.5, 0.6) is 0 Å². The summed E-state index contributed by atoms with van der Waals surface area (Å²) in [6.45, 7) is 5.17. The van der Waals surface area contributed by atoms with E-state index in [0.717, 1.165) is 37.0 Å². The smallest absolute Gasteiger partial charge is 0.413 e. The van der Waals surface area contributed by atoms with Gasteiger partial charge in [0.1, 0.15) is 21.7 Å². The number of hydrogen-bond acceptors (Lipinski definition) is 7. The Morgan fingerprint density at radius 1 is 1.36 bits per heavy atom. The summed E-state index contributed by atoms with van der Waals surface area (Å²) in [7, 11) is 0. The molecule has 2 N–H and O–H groups in total. The number of hydrogen-bond donors (Lipinski definition) is 2. The molecule has 1 amide bonds. The van der Waals surface area contributed by atoms with Crippen molar-refractivity contribution < 1.29 is 24.3 Å². The number of ether oxygens (including phenoxy) is 1. The molecule has 25 heavy (non-hydrogen) atoms. The molecule has 0 radical (unpaired) electrons. The molecule has 1 aromatic rings. The number of rotatable bonds is 5.